The van der Waals surface area contributed by atoms with Crippen LogP contribution < -0.4 is 5.32 Å². The molecule has 0 aromatic carbocycles. The standard InChI is InChI=1S/C8H9ClN2O2/c9-7-3-6(4-10-5-7)1-2-11-8(12)13/h3-5,11H,1-2H2,(H,12,13). The van der Waals surface area contributed by atoms with Gasteiger partial charge in [-0.3, -0.25) is 4.98 Å². The van der Waals surface area contributed by atoms with Crippen LogP contribution in [0.5, 0.6) is 0 Å². The summed E-state index contributed by atoms with van der Waals surface area (Å²) in [6.07, 6.45) is 2.78. The monoisotopic (exact) mass is 200 g/mol. The SMILES string of the molecule is O=C(O)NCCc1cncc(Cl)c1. The maximum atomic E-state index is 10.1. The molecule has 1 rings (SSSR count). The fourth-order valence-electron chi connectivity index (χ4n) is 0.906. The van der Waals surface area contributed by atoms with E-state index in [0.717, 1.165) is 5.56 Å². The van der Waals surface area contributed by atoms with E-state index in [1.807, 2.05) is 0 Å². The second-order valence-corrected chi connectivity index (χ2v) is 2.93. The zero-order valence-corrected chi connectivity index (χ0v) is 7.58. The number of hydrogen-bond donors (Lipinski definition) is 2. The molecule has 0 bridgehead atoms. The molecule has 0 unspecified atom stereocenters. The van der Waals surface area contributed by atoms with E-state index in [2.05, 4.69) is 10.3 Å². The molecule has 1 amide bonds. The van der Waals surface area contributed by atoms with Crippen molar-refractivity contribution in [2.45, 2.75) is 6.42 Å². The number of nitrogens with one attached hydrogen (secondary N) is 1. The summed E-state index contributed by atoms with van der Waals surface area (Å²) >= 11 is 5.69. The van der Waals surface area contributed by atoms with Gasteiger partial charge in [-0.1, -0.05) is 11.6 Å². The van der Waals surface area contributed by atoms with E-state index in [1.165, 1.54) is 6.20 Å². The lowest BCUT2D eigenvalue weighted by molar-refractivity contribution is 0.194. The molecule has 1 aromatic heterocycles. The molecule has 0 aliphatic rings. The van der Waals surface area contributed by atoms with Crippen molar-refractivity contribution in [2.24, 2.45) is 0 Å². The first-order valence-electron chi connectivity index (χ1n) is 3.74. The largest absolute Gasteiger partial charge is 0.465 e. The third kappa shape index (κ3) is 3.75. The minimum Gasteiger partial charge on any atom is -0.465 e. The molecule has 0 saturated carbocycles. The predicted molar refractivity (Wildman–Crippen MR) is 49.0 cm³/mol. The Morgan fingerprint density at radius 2 is 2.38 bits per heavy atom. The second-order valence-electron chi connectivity index (χ2n) is 2.49. The van der Waals surface area contributed by atoms with Crippen LogP contribution >= 0.6 is 11.6 Å². The minimum atomic E-state index is -1.02. The lowest BCUT2D eigenvalue weighted by Gasteiger charge is -2.00. The topological polar surface area (TPSA) is 62.2 Å². The highest BCUT2D eigenvalue weighted by Gasteiger charge is 1.96. The maximum Gasteiger partial charge on any atom is 0.404 e. The number of amides is 1. The fraction of sp³-hybridized carbons (Fsp3) is 0.250. The molecule has 0 radical (unpaired) electrons. The van der Waals surface area contributed by atoms with Crippen LogP contribution in [-0.4, -0.2) is 22.7 Å². The number of rotatable bonds is 3. The zero-order chi connectivity index (χ0) is 9.68. The highest BCUT2D eigenvalue weighted by molar-refractivity contribution is 6.30. The molecule has 1 aromatic rings. The van der Waals surface area contributed by atoms with E-state index in [1.54, 1.807) is 12.3 Å². The summed E-state index contributed by atoms with van der Waals surface area (Å²) < 4.78 is 0. The van der Waals surface area contributed by atoms with Crippen molar-refractivity contribution >= 4 is 17.7 Å². The Balaban J connectivity index is 2.41. The quantitative estimate of drug-likeness (QED) is 0.778. The average molecular weight is 201 g/mol. The van der Waals surface area contributed by atoms with Crippen LogP contribution in [0.25, 0.3) is 0 Å². The smallest absolute Gasteiger partial charge is 0.404 e. The van der Waals surface area contributed by atoms with Gasteiger partial charge in [0.1, 0.15) is 0 Å². The summed E-state index contributed by atoms with van der Waals surface area (Å²) in [6.45, 7) is 0.372. The van der Waals surface area contributed by atoms with Gasteiger partial charge in [-0.2, -0.15) is 0 Å². The van der Waals surface area contributed by atoms with Crippen molar-refractivity contribution in [1.82, 2.24) is 10.3 Å². The summed E-state index contributed by atoms with van der Waals surface area (Å²) in [7, 11) is 0. The molecule has 5 heteroatoms. The van der Waals surface area contributed by atoms with Crippen LogP contribution in [-0.2, 0) is 6.42 Å². The predicted octanol–water partition coefficient (Wildman–Crippen LogP) is 1.55. The normalized spacial score (nSPS) is 9.62. The molecule has 0 atom stereocenters. The van der Waals surface area contributed by atoms with Crippen LogP contribution in [0.4, 0.5) is 4.79 Å². The molecule has 4 nitrogen and oxygen atoms in total. The number of pyridine rings is 1. The van der Waals surface area contributed by atoms with Crippen molar-refractivity contribution in [1.29, 1.82) is 0 Å². The Morgan fingerprint density at radius 3 is 3.00 bits per heavy atom. The van der Waals surface area contributed by atoms with Crippen LogP contribution in [0, 0.1) is 0 Å². The van der Waals surface area contributed by atoms with Gasteiger partial charge in [0.25, 0.3) is 0 Å². The summed E-state index contributed by atoms with van der Waals surface area (Å²) in [5.74, 6) is 0. The molecular weight excluding hydrogens is 192 g/mol. The van der Waals surface area contributed by atoms with Gasteiger partial charge in [0.05, 0.1) is 5.02 Å². The highest BCUT2D eigenvalue weighted by atomic mass is 35.5. The first kappa shape index (κ1) is 9.80. The van der Waals surface area contributed by atoms with Gasteiger partial charge in [0, 0.05) is 18.9 Å². The number of nitrogens with zero attached hydrogens (tertiary/aromatic N) is 1. The molecule has 0 aliphatic carbocycles. The average Bonchev–Trinajstić information content (AvgIpc) is 2.03. The summed E-state index contributed by atoms with van der Waals surface area (Å²) in [6, 6.07) is 1.76. The van der Waals surface area contributed by atoms with E-state index in [9.17, 15) is 4.79 Å². The van der Waals surface area contributed by atoms with Gasteiger partial charge in [-0.05, 0) is 18.1 Å². The van der Waals surface area contributed by atoms with Crippen LogP contribution in [0.1, 0.15) is 5.56 Å². The summed E-state index contributed by atoms with van der Waals surface area (Å²) in [5, 5.41) is 11.1. The molecular formula is C8H9ClN2O2. The molecule has 0 saturated heterocycles. The molecule has 0 spiro atoms. The second kappa shape index (κ2) is 4.67. The first-order valence-corrected chi connectivity index (χ1v) is 4.12. The van der Waals surface area contributed by atoms with Crippen LogP contribution in [0.2, 0.25) is 5.02 Å². The van der Waals surface area contributed by atoms with E-state index < -0.39 is 6.09 Å². The fourth-order valence-corrected chi connectivity index (χ4v) is 1.10. The maximum absolute atomic E-state index is 10.1. The third-order valence-electron chi connectivity index (χ3n) is 1.45. The lowest BCUT2D eigenvalue weighted by Crippen LogP contribution is -2.23. The van der Waals surface area contributed by atoms with Gasteiger partial charge in [0.2, 0.25) is 0 Å². The Bertz CT molecular complexity index is 304. The number of carbonyl (C=O) groups is 1. The molecule has 2 N–H and O–H groups in total. The van der Waals surface area contributed by atoms with E-state index >= 15 is 0 Å². The Hall–Kier alpha value is -1.29. The third-order valence-corrected chi connectivity index (χ3v) is 1.66. The Morgan fingerprint density at radius 1 is 1.62 bits per heavy atom. The van der Waals surface area contributed by atoms with Crippen molar-refractivity contribution in [3.63, 3.8) is 0 Å². The summed E-state index contributed by atoms with van der Waals surface area (Å²) in [5.41, 5.74) is 0.918. The Kier molecular flexibility index (Phi) is 3.52. The number of hydrogen-bond acceptors (Lipinski definition) is 2. The van der Waals surface area contributed by atoms with Crippen molar-refractivity contribution < 1.29 is 9.90 Å². The molecule has 0 aliphatic heterocycles. The lowest BCUT2D eigenvalue weighted by atomic mass is 10.2. The van der Waals surface area contributed by atoms with Crippen molar-refractivity contribution in [3.8, 4) is 0 Å². The van der Waals surface area contributed by atoms with Crippen molar-refractivity contribution in [2.75, 3.05) is 6.54 Å². The van der Waals surface area contributed by atoms with E-state index in [0.29, 0.717) is 18.0 Å². The molecule has 0 fully saturated rings. The van der Waals surface area contributed by atoms with Gasteiger partial charge >= 0.3 is 6.09 Å². The zero-order valence-electron chi connectivity index (χ0n) is 6.83. The van der Waals surface area contributed by atoms with Gasteiger partial charge in [-0.25, -0.2) is 4.79 Å². The van der Waals surface area contributed by atoms with Gasteiger partial charge < -0.3 is 10.4 Å². The van der Waals surface area contributed by atoms with E-state index in [4.69, 9.17) is 16.7 Å². The van der Waals surface area contributed by atoms with Crippen LogP contribution in [0.3, 0.4) is 0 Å². The first-order chi connectivity index (χ1) is 6.18. The van der Waals surface area contributed by atoms with Gasteiger partial charge in [0.15, 0.2) is 0 Å². The number of aromatic nitrogens is 1. The minimum absolute atomic E-state index is 0.372. The van der Waals surface area contributed by atoms with E-state index in [-0.39, 0.29) is 0 Å². The molecule has 70 valence electrons. The molecule has 13 heavy (non-hydrogen) atoms. The van der Waals surface area contributed by atoms with Crippen LogP contribution in [0.15, 0.2) is 18.5 Å². The summed E-state index contributed by atoms with van der Waals surface area (Å²) in [4.78, 5) is 14.0. The highest BCUT2D eigenvalue weighted by Crippen LogP contribution is 2.08. The molecule has 1 heterocycles. The Labute approximate surface area is 80.6 Å². The van der Waals surface area contributed by atoms with Crippen molar-refractivity contribution in [3.05, 3.63) is 29.0 Å². The van der Waals surface area contributed by atoms with Gasteiger partial charge in [-0.15, -0.1) is 0 Å². The number of carboxylic acid groups (broad SMARTS) is 1. The number of halogens is 1.